The third kappa shape index (κ3) is 1.27. The monoisotopic (exact) mass is 195 g/mol. The van der Waals surface area contributed by atoms with Crippen LogP contribution in [0.4, 0.5) is 0 Å². The Balaban J connectivity index is 2.28. The molecular weight excluding hydrogens is 188 g/mol. The minimum absolute atomic E-state index is 0.797. The van der Waals surface area contributed by atoms with Crippen LogP contribution in [-0.2, 0) is 0 Å². The molecule has 4 heteroatoms. The van der Waals surface area contributed by atoms with Gasteiger partial charge >= 0.3 is 0 Å². The van der Waals surface area contributed by atoms with Gasteiger partial charge in [-0.15, -0.1) is 0 Å². The molecule has 0 unspecified atom stereocenters. The third-order valence-corrected chi connectivity index (χ3v) is 2.19. The van der Waals surface area contributed by atoms with Crippen molar-refractivity contribution in [3.63, 3.8) is 0 Å². The maximum atomic E-state index is 4.22. The smallest absolute Gasteiger partial charge is 0.167 e. The minimum atomic E-state index is 0.797. The Morgan fingerprint density at radius 2 is 2.00 bits per heavy atom. The van der Waals surface area contributed by atoms with Gasteiger partial charge in [-0.05, 0) is 18.2 Å². The van der Waals surface area contributed by atoms with Crippen LogP contribution in [0.2, 0.25) is 0 Å². The van der Waals surface area contributed by atoms with Gasteiger partial charge in [0.05, 0.1) is 6.20 Å². The van der Waals surface area contributed by atoms with E-state index in [0.29, 0.717) is 0 Å². The summed E-state index contributed by atoms with van der Waals surface area (Å²) in [6.07, 6.45) is 4.97. The van der Waals surface area contributed by atoms with Crippen LogP contribution in [0.5, 0.6) is 0 Å². The summed E-state index contributed by atoms with van der Waals surface area (Å²) in [5, 5.41) is 0. The zero-order valence-electron chi connectivity index (χ0n) is 7.83. The Bertz CT molecular complexity index is 586. The average Bonchev–Trinajstić information content (AvgIpc) is 2.74. The number of benzene rings is 1. The van der Waals surface area contributed by atoms with Gasteiger partial charge in [0.2, 0.25) is 0 Å². The van der Waals surface area contributed by atoms with Gasteiger partial charge in [-0.2, -0.15) is 0 Å². The molecule has 0 saturated carbocycles. The predicted octanol–water partition coefficient (Wildman–Crippen LogP) is 1.62. The second kappa shape index (κ2) is 3.16. The number of aromatic nitrogens is 4. The maximum absolute atomic E-state index is 4.22. The van der Waals surface area contributed by atoms with E-state index in [2.05, 4.69) is 21.0 Å². The fourth-order valence-corrected chi connectivity index (χ4v) is 1.49. The van der Waals surface area contributed by atoms with E-state index < -0.39 is 0 Å². The molecule has 3 aromatic rings. The quantitative estimate of drug-likeness (QED) is 0.592. The van der Waals surface area contributed by atoms with Crippen LogP contribution in [-0.4, -0.2) is 19.5 Å². The van der Waals surface area contributed by atoms with Crippen molar-refractivity contribution in [1.82, 2.24) is 19.5 Å². The van der Waals surface area contributed by atoms with Gasteiger partial charge in [-0.3, -0.25) is 4.57 Å². The van der Waals surface area contributed by atoms with Crippen molar-refractivity contribution in [2.75, 3.05) is 0 Å². The van der Waals surface area contributed by atoms with Crippen LogP contribution < -0.4 is 0 Å². The Morgan fingerprint density at radius 1 is 1.13 bits per heavy atom. The first-order valence-electron chi connectivity index (χ1n) is 4.55. The molecule has 0 saturated heterocycles. The summed E-state index contributed by atoms with van der Waals surface area (Å²) >= 11 is 0. The topological polar surface area (TPSA) is 43.6 Å². The van der Waals surface area contributed by atoms with E-state index in [1.807, 2.05) is 28.8 Å². The van der Waals surface area contributed by atoms with Crippen molar-refractivity contribution >= 4 is 11.2 Å². The molecule has 71 valence electrons. The van der Waals surface area contributed by atoms with Crippen molar-refractivity contribution in [2.45, 2.75) is 0 Å². The third-order valence-electron chi connectivity index (χ3n) is 2.19. The number of hydrogen-bond acceptors (Lipinski definition) is 3. The molecule has 3 rings (SSSR count). The highest BCUT2D eigenvalue weighted by Crippen LogP contribution is 2.13. The van der Waals surface area contributed by atoms with Crippen LogP contribution >= 0.6 is 0 Å². The SMILES string of the molecule is [c]1ccc(-n2cnc3cncnc32)cc1. The van der Waals surface area contributed by atoms with E-state index in [0.717, 1.165) is 16.9 Å². The van der Waals surface area contributed by atoms with Crippen LogP contribution in [0.3, 0.4) is 0 Å². The van der Waals surface area contributed by atoms with E-state index in [1.54, 1.807) is 12.5 Å². The molecule has 0 aliphatic carbocycles. The van der Waals surface area contributed by atoms with Gasteiger partial charge in [-0.1, -0.05) is 12.1 Å². The molecule has 0 spiro atoms. The van der Waals surface area contributed by atoms with E-state index >= 15 is 0 Å². The Kier molecular flexibility index (Phi) is 1.71. The van der Waals surface area contributed by atoms with Gasteiger partial charge < -0.3 is 0 Å². The highest BCUT2D eigenvalue weighted by molar-refractivity contribution is 5.71. The molecule has 0 N–H and O–H groups in total. The summed E-state index contributed by atoms with van der Waals surface area (Å²) in [5.41, 5.74) is 2.64. The normalized spacial score (nSPS) is 10.7. The zero-order valence-corrected chi connectivity index (χ0v) is 7.83. The predicted molar refractivity (Wildman–Crippen MR) is 55.5 cm³/mol. The molecule has 1 aromatic carbocycles. The second-order valence-electron chi connectivity index (χ2n) is 3.10. The lowest BCUT2D eigenvalue weighted by molar-refractivity contribution is 1.06. The molecule has 0 amide bonds. The van der Waals surface area contributed by atoms with Gasteiger partial charge in [0.15, 0.2) is 5.65 Å². The summed E-state index contributed by atoms with van der Waals surface area (Å²) < 4.78 is 1.92. The maximum Gasteiger partial charge on any atom is 0.167 e. The van der Waals surface area contributed by atoms with Crippen LogP contribution in [0.15, 0.2) is 43.1 Å². The lowest BCUT2D eigenvalue weighted by atomic mass is 10.3. The van der Waals surface area contributed by atoms with Crippen LogP contribution in [0.1, 0.15) is 0 Å². The summed E-state index contributed by atoms with van der Waals surface area (Å²) in [7, 11) is 0. The highest BCUT2D eigenvalue weighted by Gasteiger charge is 2.03. The van der Waals surface area contributed by atoms with Crippen LogP contribution in [0, 0.1) is 6.07 Å². The van der Waals surface area contributed by atoms with Crippen molar-refractivity contribution in [2.24, 2.45) is 0 Å². The largest absolute Gasteiger partial charge is 0.283 e. The summed E-state index contributed by atoms with van der Waals surface area (Å²) in [4.78, 5) is 12.3. The molecule has 0 atom stereocenters. The summed E-state index contributed by atoms with van der Waals surface area (Å²) in [6.45, 7) is 0. The molecule has 0 fully saturated rings. The summed E-state index contributed by atoms with van der Waals surface area (Å²) in [5.74, 6) is 0. The second-order valence-corrected chi connectivity index (χ2v) is 3.10. The van der Waals surface area contributed by atoms with Gasteiger partial charge in [0.25, 0.3) is 0 Å². The number of hydrogen-bond donors (Lipinski definition) is 0. The van der Waals surface area contributed by atoms with Gasteiger partial charge in [-0.25, -0.2) is 15.0 Å². The molecule has 4 nitrogen and oxygen atoms in total. The van der Waals surface area contributed by atoms with E-state index in [9.17, 15) is 0 Å². The first-order chi connectivity index (χ1) is 7.45. The van der Waals surface area contributed by atoms with Gasteiger partial charge in [0.1, 0.15) is 18.2 Å². The lowest BCUT2D eigenvalue weighted by Gasteiger charge is -2.01. The molecular formula is C11H7N4. The first-order valence-corrected chi connectivity index (χ1v) is 4.55. The molecule has 2 heterocycles. The highest BCUT2D eigenvalue weighted by atomic mass is 15.1. The molecule has 0 aliphatic heterocycles. The Morgan fingerprint density at radius 3 is 2.87 bits per heavy atom. The van der Waals surface area contributed by atoms with Crippen molar-refractivity contribution in [3.8, 4) is 5.69 Å². The standard InChI is InChI=1S/C11H7N4/c1-2-4-9(5-3-1)15-8-14-10-6-12-7-13-11(10)15/h2-8H. The zero-order chi connectivity index (χ0) is 10.1. The van der Waals surface area contributed by atoms with Crippen molar-refractivity contribution in [1.29, 1.82) is 0 Å². The van der Waals surface area contributed by atoms with Gasteiger partial charge in [0, 0.05) is 5.69 Å². The Labute approximate surface area is 86.2 Å². The first kappa shape index (κ1) is 8.11. The number of imidazole rings is 1. The van der Waals surface area contributed by atoms with E-state index in [4.69, 9.17) is 0 Å². The number of rotatable bonds is 1. The number of nitrogens with zero attached hydrogens (tertiary/aromatic N) is 4. The average molecular weight is 195 g/mol. The Hall–Kier alpha value is -2.23. The minimum Gasteiger partial charge on any atom is -0.283 e. The fourth-order valence-electron chi connectivity index (χ4n) is 1.49. The van der Waals surface area contributed by atoms with E-state index in [-0.39, 0.29) is 0 Å². The molecule has 0 aliphatic rings. The van der Waals surface area contributed by atoms with Crippen LogP contribution in [0.25, 0.3) is 16.9 Å². The lowest BCUT2D eigenvalue weighted by Crippen LogP contribution is -1.92. The van der Waals surface area contributed by atoms with Crippen molar-refractivity contribution < 1.29 is 0 Å². The molecule has 1 radical (unpaired) electrons. The fraction of sp³-hybridized carbons (Fsp3) is 0. The van der Waals surface area contributed by atoms with E-state index in [1.165, 1.54) is 6.33 Å². The summed E-state index contributed by atoms with van der Waals surface area (Å²) in [6, 6.07) is 10.6. The molecule has 2 aromatic heterocycles. The number of fused-ring (bicyclic) bond motifs is 1. The molecule has 0 bridgehead atoms. The molecule has 15 heavy (non-hydrogen) atoms. The van der Waals surface area contributed by atoms with Crippen molar-refractivity contribution in [3.05, 3.63) is 49.2 Å².